The van der Waals surface area contributed by atoms with Crippen molar-refractivity contribution in [1.29, 1.82) is 0 Å². The predicted molar refractivity (Wildman–Crippen MR) is 66.3 cm³/mol. The number of aliphatic hydroxyl groups is 1. The van der Waals surface area contributed by atoms with Gasteiger partial charge in [0.2, 0.25) is 5.28 Å². The smallest absolute Gasteiger partial charge is 0.224 e. The second-order valence-corrected chi connectivity index (χ2v) is 5.39. The Balaban J connectivity index is 1.94. The average Bonchev–Trinajstić information content (AvgIpc) is 2.50. The molecule has 2 unspecified atom stereocenters. The Morgan fingerprint density at radius 2 is 1.94 bits per heavy atom. The van der Waals surface area contributed by atoms with Crippen molar-refractivity contribution in [3.8, 4) is 0 Å². The van der Waals surface area contributed by atoms with Crippen LogP contribution in [0.4, 0.5) is 5.82 Å². The molecule has 1 aromatic rings. The molecule has 2 saturated heterocycles. The molecule has 0 amide bonds. The number of rotatable bonds is 1. The molecule has 0 aliphatic carbocycles. The molecule has 3 rings (SSSR count). The Labute approximate surface area is 106 Å². The zero-order valence-electron chi connectivity index (χ0n) is 9.80. The summed E-state index contributed by atoms with van der Waals surface area (Å²) in [6.07, 6.45) is 3.82. The molecule has 17 heavy (non-hydrogen) atoms. The van der Waals surface area contributed by atoms with Crippen LogP contribution in [0.15, 0.2) is 6.07 Å². The molecule has 92 valence electrons. The van der Waals surface area contributed by atoms with Crippen LogP contribution in [-0.2, 0) is 0 Å². The number of hydrogen-bond donors (Lipinski definition) is 1. The van der Waals surface area contributed by atoms with Crippen LogP contribution in [0.1, 0.15) is 31.4 Å². The Hall–Kier alpha value is -0.870. The van der Waals surface area contributed by atoms with Crippen molar-refractivity contribution in [3.05, 3.63) is 17.0 Å². The van der Waals surface area contributed by atoms with Gasteiger partial charge in [0.25, 0.3) is 0 Å². The maximum Gasteiger partial charge on any atom is 0.224 e. The number of aryl methyl sites for hydroxylation is 1. The van der Waals surface area contributed by atoms with E-state index in [1.54, 1.807) is 0 Å². The van der Waals surface area contributed by atoms with E-state index in [1.165, 1.54) is 0 Å². The van der Waals surface area contributed by atoms with Crippen LogP contribution in [0, 0.1) is 6.92 Å². The standard InChI is InChI=1S/C12H16ClN3O/c1-7-4-11(15-12(13)14-7)16-8-2-3-9(16)6-10(17)5-8/h4,8-10,17H,2-3,5-6H2,1H3. The van der Waals surface area contributed by atoms with Crippen LogP contribution < -0.4 is 4.90 Å². The number of hydrogen-bond acceptors (Lipinski definition) is 4. The van der Waals surface area contributed by atoms with E-state index in [4.69, 9.17) is 11.6 Å². The summed E-state index contributed by atoms with van der Waals surface area (Å²) < 4.78 is 0. The minimum atomic E-state index is -0.151. The Morgan fingerprint density at radius 3 is 2.53 bits per heavy atom. The molecule has 3 heterocycles. The van der Waals surface area contributed by atoms with E-state index in [9.17, 15) is 5.11 Å². The van der Waals surface area contributed by atoms with E-state index in [2.05, 4.69) is 14.9 Å². The van der Waals surface area contributed by atoms with Crippen molar-refractivity contribution in [3.63, 3.8) is 0 Å². The van der Waals surface area contributed by atoms with Crippen molar-refractivity contribution in [2.75, 3.05) is 4.90 Å². The number of aromatic nitrogens is 2. The SMILES string of the molecule is Cc1cc(N2C3CCC2CC(O)C3)nc(Cl)n1. The normalized spacial score (nSPS) is 31.9. The lowest BCUT2D eigenvalue weighted by Crippen LogP contribution is -2.45. The molecule has 2 atom stereocenters. The van der Waals surface area contributed by atoms with Gasteiger partial charge in [-0.25, -0.2) is 9.97 Å². The molecule has 1 aromatic heterocycles. The second-order valence-electron chi connectivity index (χ2n) is 5.05. The second kappa shape index (κ2) is 4.10. The summed E-state index contributed by atoms with van der Waals surface area (Å²) in [4.78, 5) is 10.7. The number of piperidine rings is 1. The third-order valence-electron chi connectivity index (χ3n) is 3.79. The van der Waals surface area contributed by atoms with E-state index in [0.29, 0.717) is 17.4 Å². The van der Waals surface area contributed by atoms with Crippen LogP contribution >= 0.6 is 11.6 Å². The average molecular weight is 254 g/mol. The van der Waals surface area contributed by atoms with Gasteiger partial charge < -0.3 is 10.0 Å². The number of aliphatic hydroxyl groups excluding tert-OH is 1. The lowest BCUT2D eigenvalue weighted by Gasteiger charge is -2.38. The monoisotopic (exact) mass is 253 g/mol. The van der Waals surface area contributed by atoms with E-state index >= 15 is 0 Å². The van der Waals surface area contributed by atoms with Gasteiger partial charge in [0.15, 0.2) is 0 Å². The summed E-state index contributed by atoms with van der Waals surface area (Å²) in [5.74, 6) is 0.918. The fourth-order valence-corrected chi connectivity index (χ4v) is 3.39. The Morgan fingerprint density at radius 1 is 1.29 bits per heavy atom. The number of fused-ring (bicyclic) bond motifs is 2. The van der Waals surface area contributed by atoms with Gasteiger partial charge in [-0.3, -0.25) is 0 Å². The first-order chi connectivity index (χ1) is 8.13. The van der Waals surface area contributed by atoms with Gasteiger partial charge in [-0.05, 0) is 44.2 Å². The van der Waals surface area contributed by atoms with E-state index in [-0.39, 0.29) is 6.10 Å². The first-order valence-corrected chi connectivity index (χ1v) is 6.49. The highest BCUT2D eigenvalue weighted by molar-refractivity contribution is 6.28. The molecule has 4 nitrogen and oxygen atoms in total. The van der Waals surface area contributed by atoms with Crippen LogP contribution in [0.25, 0.3) is 0 Å². The highest BCUT2D eigenvalue weighted by Crippen LogP contribution is 2.38. The topological polar surface area (TPSA) is 49.2 Å². The summed E-state index contributed by atoms with van der Waals surface area (Å²) in [5, 5.41) is 10.1. The van der Waals surface area contributed by atoms with Gasteiger partial charge in [0.05, 0.1) is 6.10 Å². The summed E-state index contributed by atoms with van der Waals surface area (Å²) in [7, 11) is 0. The summed E-state index contributed by atoms with van der Waals surface area (Å²) in [5.41, 5.74) is 0.894. The van der Waals surface area contributed by atoms with Gasteiger partial charge in [0, 0.05) is 23.8 Å². The van der Waals surface area contributed by atoms with Crippen LogP contribution in [0.3, 0.4) is 0 Å². The minimum absolute atomic E-state index is 0.151. The predicted octanol–water partition coefficient (Wildman–Crippen LogP) is 1.93. The Bertz CT molecular complexity index is 406. The lowest BCUT2D eigenvalue weighted by atomic mass is 10.00. The molecule has 1 N–H and O–H groups in total. The van der Waals surface area contributed by atoms with Gasteiger partial charge >= 0.3 is 0 Å². The molecule has 0 aromatic carbocycles. The number of anilines is 1. The fourth-order valence-electron chi connectivity index (χ4n) is 3.17. The fraction of sp³-hybridized carbons (Fsp3) is 0.667. The molecule has 2 aliphatic rings. The zero-order chi connectivity index (χ0) is 12.0. The first-order valence-electron chi connectivity index (χ1n) is 6.11. The van der Waals surface area contributed by atoms with Crippen molar-refractivity contribution in [2.24, 2.45) is 0 Å². The third kappa shape index (κ3) is 2.00. The minimum Gasteiger partial charge on any atom is -0.393 e. The Kier molecular flexibility index (Phi) is 2.71. The molecule has 2 bridgehead atoms. The lowest BCUT2D eigenvalue weighted by molar-refractivity contribution is 0.126. The number of nitrogens with zero attached hydrogens (tertiary/aromatic N) is 3. The molecular formula is C12H16ClN3O. The van der Waals surface area contributed by atoms with Gasteiger partial charge in [0.1, 0.15) is 5.82 Å². The molecule has 0 spiro atoms. The quantitative estimate of drug-likeness (QED) is 0.777. The summed E-state index contributed by atoms with van der Waals surface area (Å²) >= 11 is 5.92. The van der Waals surface area contributed by atoms with Crippen molar-refractivity contribution >= 4 is 17.4 Å². The largest absolute Gasteiger partial charge is 0.393 e. The molecule has 5 heteroatoms. The summed E-state index contributed by atoms with van der Waals surface area (Å²) in [6.45, 7) is 1.93. The van der Waals surface area contributed by atoms with Crippen molar-refractivity contribution in [1.82, 2.24) is 9.97 Å². The highest BCUT2D eigenvalue weighted by atomic mass is 35.5. The van der Waals surface area contributed by atoms with Crippen molar-refractivity contribution in [2.45, 2.75) is 50.8 Å². The highest BCUT2D eigenvalue weighted by Gasteiger charge is 2.40. The van der Waals surface area contributed by atoms with Crippen LogP contribution in [0.2, 0.25) is 5.28 Å². The number of halogens is 1. The molecule has 0 radical (unpaired) electrons. The van der Waals surface area contributed by atoms with Gasteiger partial charge in [-0.1, -0.05) is 0 Å². The van der Waals surface area contributed by atoms with E-state index < -0.39 is 0 Å². The van der Waals surface area contributed by atoms with Gasteiger partial charge in [-0.15, -0.1) is 0 Å². The molecule has 2 fully saturated rings. The molecular weight excluding hydrogens is 238 g/mol. The van der Waals surface area contributed by atoms with E-state index in [0.717, 1.165) is 37.2 Å². The summed E-state index contributed by atoms with van der Waals surface area (Å²) in [6, 6.07) is 2.80. The molecule has 2 aliphatic heterocycles. The van der Waals surface area contributed by atoms with E-state index in [1.807, 2.05) is 13.0 Å². The maximum atomic E-state index is 9.78. The maximum absolute atomic E-state index is 9.78. The zero-order valence-corrected chi connectivity index (χ0v) is 10.6. The third-order valence-corrected chi connectivity index (χ3v) is 3.96. The molecule has 0 saturated carbocycles. The first kappa shape index (κ1) is 11.2. The van der Waals surface area contributed by atoms with Crippen LogP contribution in [0.5, 0.6) is 0 Å². The van der Waals surface area contributed by atoms with Crippen LogP contribution in [-0.4, -0.2) is 33.3 Å². The van der Waals surface area contributed by atoms with Crippen molar-refractivity contribution < 1.29 is 5.11 Å². The van der Waals surface area contributed by atoms with Gasteiger partial charge in [-0.2, -0.15) is 0 Å².